The van der Waals surface area contributed by atoms with Crippen LogP contribution in [0.2, 0.25) is 5.02 Å². The van der Waals surface area contributed by atoms with E-state index in [9.17, 15) is 18.8 Å². The first-order chi connectivity index (χ1) is 12.8. The molecule has 1 atom stereocenters. The normalized spacial score (nSPS) is 11.4. The Morgan fingerprint density at radius 3 is 2.48 bits per heavy atom. The first-order valence-electron chi connectivity index (χ1n) is 7.79. The maximum atomic E-state index is 13.4. The van der Waals surface area contributed by atoms with Gasteiger partial charge in [0.1, 0.15) is 11.1 Å². The zero-order chi connectivity index (χ0) is 19.8. The number of hydrogen-bond acceptors (Lipinski definition) is 5. The topological polar surface area (TPSA) is 84.5 Å². The number of urea groups is 1. The highest BCUT2D eigenvalue weighted by atomic mass is 35.5. The largest absolute Gasteiger partial charge is 0.455 e. The Morgan fingerprint density at radius 1 is 1.15 bits per heavy atom. The summed E-state index contributed by atoms with van der Waals surface area (Å²) in [5.74, 6) is -2.08. The van der Waals surface area contributed by atoms with Gasteiger partial charge >= 0.3 is 12.0 Å². The number of amides is 3. The van der Waals surface area contributed by atoms with E-state index in [-0.39, 0.29) is 5.69 Å². The summed E-state index contributed by atoms with van der Waals surface area (Å²) >= 11 is 7.04. The summed E-state index contributed by atoms with van der Waals surface area (Å²) in [6.45, 7) is 0.999. The first kappa shape index (κ1) is 20.7. The van der Waals surface area contributed by atoms with Gasteiger partial charge in [0.2, 0.25) is 0 Å². The lowest BCUT2D eigenvalue weighted by Gasteiger charge is -2.11. The molecule has 0 aliphatic carbocycles. The first-order valence-corrected chi connectivity index (χ1v) is 9.05. The summed E-state index contributed by atoms with van der Waals surface area (Å²) in [7, 11) is 0. The molecule has 0 radical (unpaired) electrons. The Hall–Kier alpha value is -2.58. The number of anilines is 1. The number of ether oxygens (including phenoxy) is 1. The van der Waals surface area contributed by atoms with Crippen LogP contribution in [0, 0.1) is 5.82 Å². The monoisotopic (exact) mass is 410 g/mol. The van der Waals surface area contributed by atoms with Crippen molar-refractivity contribution in [2.75, 3.05) is 11.9 Å². The molecule has 2 N–H and O–H groups in total. The second kappa shape index (κ2) is 9.94. The molecule has 0 aliphatic heterocycles. The van der Waals surface area contributed by atoms with Gasteiger partial charge < -0.3 is 10.1 Å². The van der Waals surface area contributed by atoms with E-state index in [1.165, 1.54) is 36.0 Å². The standard InChI is InChI=1S/C18H16ClFN2O4S/c1-11(27-13-8-6-12(19)7-9-13)17(24)26-10-16(23)22-18(25)21-15-5-3-2-4-14(15)20/h2-9,11H,10H2,1H3,(H2,21,22,23,25)/t11-/m0/s1. The van der Waals surface area contributed by atoms with E-state index in [0.717, 1.165) is 4.90 Å². The molecule has 2 rings (SSSR count). The van der Waals surface area contributed by atoms with Crippen molar-refractivity contribution in [2.24, 2.45) is 0 Å². The fourth-order valence-corrected chi connectivity index (χ4v) is 2.89. The smallest absolute Gasteiger partial charge is 0.326 e. The minimum Gasteiger partial charge on any atom is -0.455 e. The number of halogens is 2. The highest BCUT2D eigenvalue weighted by Crippen LogP contribution is 2.25. The summed E-state index contributed by atoms with van der Waals surface area (Å²) in [6, 6.07) is 11.5. The fourth-order valence-electron chi connectivity index (χ4n) is 1.90. The van der Waals surface area contributed by atoms with Gasteiger partial charge in [-0.2, -0.15) is 0 Å². The van der Waals surface area contributed by atoms with Gasteiger partial charge in [-0.3, -0.25) is 14.9 Å². The molecule has 142 valence electrons. The number of thioether (sulfide) groups is 1. The zero-order valence-corrected chi connectivity index (χ0v) is 15.8. The van der Waals surface area contributed by atoms with Crippen molar-refractivity contribution in [1.82, 2.24) is 5.32 Å². The zero-order valence-electron chi connectivity index (χ0n) is 14.2. The summed E-state index contributed by atoms with van der Waals surface area (Å²) in [6.07, 6.45) is 0. The quantitative estimate of drug-likeness (QED) is 0.558. The van der Waals surface area contributed by atoms with E-state index in [2.05, 4.69) is 5.32 Å². The lowest BCUT2D eigenvalue weighted by atomic mass is 10.3. The predicted molar refractivity (Wildman–Crippen MR) is 101 cm³/mol. The molecule has 3 amide bonds. The number of carbonyl (C=O) groups is 3. The van der Waals surface area contributed by atoms with Crippen molar-refractivity contribution in [3.8, 4) is 0 Å². The summed E-state index contributed by atoms with van der Waals surface area (Å²) < 4.78 is 18.3. The number of nitrogens with one attached hydrogen (secondary N) is 2. The van der Waals surface area contributed by atoms with E-state index < -0.39 is 35.6 Å². The van der Waals surface area contributed by atoms with Gasteiger partial charge in [0.25, 0.3) is 5.91 Å². The summed E-state index contributed by atoms with van der Waals surface area (Å²) in [5, 5.41) is 4.16. The fraction of sp³-hybridized carbons (Fsp3) is 0.167. The Kier molecular flexibility index (Phi) is 7.63. The molecular formula is C18H16ClFN2O4S. The van der Waals surface area contributed by atoms with Crippen molar-refractivity contribution in [3.63, 3.8) is 0 Å². The van der Waals surface area contributed by atoms with Crippen molar-refractivity contribution >= 4 is 47.0 Å². The van der Waals surface area contributed by atoms with E-state index in [1.807, 2.05) is 5.32 Å². The van der Waals surface area contributed by atoms with Crippen LogP contribution in [0.5, 0.6) is 0 Å². The highest BCUT2D eigenvalue weighted by molar-refractivity contribution is 8.00. The van der Waals surface area contributed by atoms with Crippen molar-refractivity contribution in [2.45, 2.75) is 17.1 Å². The third-order valence-corrected chi connectivity index (χ3v) is 4.52. The minimum absolute atomic E-state index is 0.0761. The van der Waals surface area contributed by atoms with E-state index >= 15 is 0 Å². The number of carbonyl (C=O) groups excluding carboxylic acids is 3. The SMILES string of the molecule is C[C@H](Sc1ccc(Cl)cc1)C(=O)OCC(=O)NC(=O)Nc1ccccc1F. The second-order valence-corrected chi connectivity index (χ2v) is 7.15. The molecule has 0 unspecified atom stereocenters. The van der Waals surface area contributed by atoms with Crippen LogP contribution in [0.1, 0.15) is 6.92 Å². The molecular weight excluding hydrogens is 395 g/mol. The third-order valence-electron chi connectivity index (χ3n) is 3.18. The molecule has 2 aromatic rings. The Bertz CT molecular complexity index is 832. The summed E-state index contributed by atoms with van der Waals surface area (Å²) in [4.78, 5) is 36.1. The summed E-state index contributed by atoms with van der Waals surface area (Å²) in [5.41, 5.74) is -0.0761. The molecule has 0 aliphatic rings. The number of rotatable bonds is 6. The molecule has 0 bridgehead atoms. The molecule has 0 spiro atoms. The van der Waals surface area contributed by atoms with Crippen LogP contribution in [0.15, 0.2) is 53.4 Å². The number of para-hydroxylation sites is 1. The molecule has 0 heterocycles. The Balaban J connectivity index is 1.75. The van der Waals surface area contributed by atoms with Crippen LogP contribution in [0.4, 0.5) is 14.9 Å². The van der Waals surface area contributed by atoms with Crippen LogP contribution >= 0.6 is 23.4 Å². The lowest BCUT2D eigenvalue weighted by molar-refractivity contribution is -0.147. The predicted octanol–water partition coefficient (Wildman–Crippen LogP) is 3.85. The van der Waals surface area contributed by atoms with Crippen LogP contribution in [-0.4, -0.2) is 29.8 Å². The molecule has 0 saturated heterocycles. The van der Waals surface area contributed by atoms with Gasteiger partial charge in [0.05, 0.1) is 5.69 Å². The number of esters is 1. The molecule has 0 aromatic heterocycles. The van der Waals surface area contributed by atoms with E-state index in [1.54, 1.807) is 31.2 Å². The number of hydrogen-bond donors (Lipinski definition) is 2. The molecule has 0 fully saturated rings. The number of benzene rings is 2. The average molecular weight is 411 g/mol. The third kappa shape index (κ3) is 6.92. The number of imide groups is 1. The van der Waals surface area contributed by atoms with Gasteiger partial charge in [0, 0.05) is 9.92 Å². The average Bonchev–Trinajstić information content (AvgIpc) is 2.63. The van der Waals surface area contributed by atoms with Gasteiger partial charge in [0.15, 0.2) is 6.61 Å². The van der Waals surface area contributed by atoms with Crippen molar-refractivity contribution < 1.29 is 23.5 Å². The molecule has 9 heteroatoms. The van der Waals surface area contributed by atoms with E-state index in [0.29, 0.717) is 5.02 Å². The van der Waals surface area contributed by atoms with Crippen LogP contribution in [0.25, 0.3) is 0 Å². The molecule has 6 nitrogen and oxygen atoms in total. The molecule has 0 saturated carbocycles. The van der Waals surface area contributed by atoms with Gasteiger partial charge in [-0.25, -0.2) is 9.18 Å². The van der Waals surface area contributed by atoms with Crippen LogP contribution in [0.3, 0.4) is 0 Å². The van der Waals surface area contributed by atoms with Gasteiger partial charge in [-0.05, 0) is 43.3 Å². The maximum Gasteiger partial charge on any atom is 0.326 e. The van der Waals surface area contributed by atoms with Crippen LogP contribution < -0.4 is 10.6 Å². The van der Waals surface area contributed by atoms with Gasteiger partial charge in [-0.1, -0.05) is 23.7 Å². The van der Waals surface area contributed by atoms with E-state index in [4.69, 9.17) is 16.3 Å². The lowest BCUT2D eigenvalue weighted by Crippen LogP contribution is -2.38. The highest BCUT2D eigenvalue weighted by Gasteiger charge is 2.18. The maximum absolute atomic E-state index is 13.4. The second-order valence-electron chi connectivity index (χ2n) is 5.30. The van der Waals surface area contributed by atoms with Crippen LogP contribution in [-0.2, 0) is 14.3 Å². The molecule has 27 heavy (non-hydrogen) atoms. The molecule has 2 aromatic carbocycles. The Labute approximate surface area is 164 Å². The van der Waals surface area contributed by atoms with Crippen molar-refractivity contribution in [1.29, 1.82) is 0 Å². The minimum atomic E-state index is -0.926. The Morgan fingerprint density at radius 2 is 1.81 bits per heavy atom. The van der Waals surface area contributed by atoms with Gasteiger partial charge in [-0.15, -0.1) is 11.8 Å². The van der Waals surface area contributed by atoms with Crippen molar-refractivity contribution in [3.05, 3.63) is 59.4 Å².